The summed E-state index contributed by atoms with van der Waals surface area (Å²) in [6, 6.07) is 9.64. The highest BCUT2D eigenvalue weighted by molar-refractivity contribution is 8.24. The van der Waals surface area contributed by atoms with Gasteiger partial charge in [0.05, 0.1) is 22.8 Å². The van der Waals surface area contributed by atoms with Crippen molar-refractivity contribution in [3.63, 3.8) is 0 Å². The van der Waals surface area contributed by atoms with Gasteiger partial charge >= 0.3 is 5.97 Å². The molecule has 1 aromatic rings. The zero-order valence-electron chi connectivity index (χ0n) is 19.2. The van der Waals surface area contributed by atoms with Gasteiger partial charge in [-0.05, 0) is 32.4 Å². The number of carbonyl (C=O) groups is 1. The molecular weight excluding hydrogens is 426 g/mol. The van der Waals surface area contributed by atoms with Crippen molar-refractivity contribution in [1.29, 1.82) is 5.26 Å². The first-order valence-electron chi connectivity index (χ1n) is 11.4. The molecule has 0 amide bonds. The fraction of sp³-hybridized carbons (Fsp3) is 0.640. The van der Waals surface area contributed by atoms with Crippen LogP contribution in [0.15, 0.2) is 24.3 Å². The van der Waals surface area contributed by atoms with Crippen LogP contribution in [0.1, 0.15) is 90.5 Å². The molecule has 0 saturated heterocycles. The second-order valence-electron chi connectivity index (χ2n) is 8.19. The third kappa shape index (κ3) is 10.1. The summed E-state index contributed by atoms with van der Waals surface area (Å²) in [5.41, 5.74) is 0.744. The maximum Gasteiger partial charge on any atom is 0.308 e. The molecule has 0 saturated carbocycles. The van der Waals surface area contributed by atoms with Crippen molar-refractivity contribution in [2.24, 2.45) is 5.92 Å². The molecule has 0 radical (unpaired) electrons. The largest absolute Gasteiger partial charge is 0.493 e. The molecule has 0 aliphatic heterocycles. The summed E-state index contributed by atoms with van der Waals surface area (Å²) in [5.74, 6) is -1.16. The topological polar surface area (TPSA) is 70.3 Å². The average molecular weight is 464 g/mol. The number of thioether (sulfide) groups is 1. The molecule has 0 bridgehead atoms. The van der Waals surface area contributed by atoms with Gasteiger partial charge in [-0.3, -0.25) is 4.79 Å². The van der Waals surface area contributed by atoms with Crippen molar-refractivity contribution in [3.8, 4) is 11.8 Å². The van der Waals surface area contributed by atoms with Crippen LogP contribution in [-0.2, 0) is 4.79 Å². The van der Waals surface area contributed by atoms with Gasteiger partial charge in [-0.2, -0.15) is 5.26 Å². The molecule has 2 atom stereocenters. The number of hydrogen-bond acceptors (Lipinski definition) is 5. The smallest absolute Gasteiger partial charge is 0.308 e. The number of hydrogen-bond donors (Lipinski definition) is 1. The van der Waals surface area contributed by atoms with Crippen LogP contribution in [0.4, 0.5) is 0 Å². The lowest BCUT2D eigenvalue weighted by atomic mass is 9.97. The zero-order valence-corrected chi connectivity index (χ0v) is 20.8. The first kappa shape index (κ1) is 27.5. The normalized spacial score (nSPS) is 13.7. The Morgan fingerprint density at radius 2 is 1.68 bits per heavy atom. The van der Waals surface area contributed by atoms with Crippen LogP contribution in [0.5, 0.6) is 5.75 Å². The van der Waals surface area contributed by atoms with Crippen LogP contribution >= 0.6 is 24.0 Å². The summed E-state index contributed by atoms with van der Waals surface area (Å²) in [6.45, 7) is 6.03. The summed E-state index contributed by atoms with van der Waals surface area (Å²) < 4.78 is 5.32. The lowest BCUT2D eigenvalue weighted by molar-refractivity contribution is -0.141. The van der Waals surface area contributed by atoms with Crippen LogP contribution in [0.2, 0.25) is 0 Å². The van der Waals surface area contributed by atoms with Crippen LogP contribution in [0, 0.1) is 17.2 Å². The minimum Gasteiger partial charge on any atom is -0.493 e. The third-order valence-electron chi connectivity index (χ3n) is 5.59. The Morgan fingerprint density at radius 3 is 2.23 bits per heavy atom. The van der Waals surface area contributed by atoms with E-state index in [-0.39, 0.29) is 0 Å². The fourth-order valence-corrected chi connectivity index (χ4v) is 4.90. The molecule has 0 aromatic heterocycles. The first-order chi connectivity index (χ1) is 14.9. The number of aliphatic carboxylic acids is 1. The Morgan fingerprint density at radius 1 is 1.13 bits per heavy atom. The second-order valence-corrected chi connectivity index (χ2v) is 10.3. The quantitative estimate of drug-likeness (QED) is 0.203. The summed E-state index contributed by atoms with van der Waals surface area (Å²) in [5, 5.41) is 18.9. The maximum absolute atomic E-state index is 11.4. The van der Waals surface area contributed by atoms with Crippen LogP contribution < -0.4 is 4.74 Å². The molecule has 1 rings (SSSR count). The van der Waals surface area contributed by atoms with E-state index >= 15 is 0 Å². The molecule has 1 N–H and O–H groups in total. The van der Waals surface area contributed by atoms with E-state index in [4.69, 9.17) is 17.0 Å². The van der Waals surface area contributed by atoms with Crippen LogP contribution in [0.25, 0.3) is 0 Å². The van der Waals surface area contributed by atoms with E-state index in [1.165, 1.54) is 58.3 Å². The van der Waals surface area contributed by atoms with E-state index in [0.717, 1.165) is 30.2 Å². The predicted octanol–water partition coefficient (Wildman–Crippen LogP) is 7.40. The lowest BCUT2D eigenvalue weighted by Gasteiger charge is -2.25. The Hall–Kier alpha value is -1.58. The van der Waals surface area contributed by atoms with Gasteiger partial charge in [0.25, 0.3) is 0 Å². The molecule has 172 valence electrons. The lowest BCUT2D eigenvalue weighted by Crippen LogP contribution is -2.34. The van der Waals surface area contributed by atoms with Gasteiger partial charge in [0.1, 0.15) is 10.5 Å². The fourth-order valence-electron chi connectivity index (χ4n) is 3.22. The number of carboxylic acid groups (broad SMARTS) is 1. The molecule has 4 nitrogen and oxygen atoms in total. The number of benzene rings is 1. The van der Waals surface area contributed by atoms with Gasteiger partial charge < -0.3 is 9.84 Å². The molecule has 0 aliphatic carbocycles. The third-order valence-corrected chi connectivity index (χ3v) is 7.33. The molecule has 0 heterocycles. The van der Waals surface area contributed by atoms with E-state index in [2.05, 4.69) is 13.0 Å². The number of rotatable bonds is 16. The number of nitrogens with zero attached hydrogens (tertiary/aromatic N) is 1. The number of thiocarbonyl (C=S) groups is 1. The Bertz CT molecular complexity index is 732. The van der Waals surface area contributed by atoms with E-state index < -0.39 is 16.6 Å². The molecule has 31 heavy (non-hydrogen) atoms. The number of nitriles is 1. The number of carboxylic acids is 1. The maximum atomic E-state index is 11.4. The Kier molecular flexibility index (Phi) is 13.5. The van der Waals surface area contributed by atoms with Gasteiger partial charge in [0.15, 0.2) is 0 Å². The highest BCUT2D eigenvalue weighted by atomic mass is 32.2. The van der Waals surface area contributed by atoms with Gasteiger partial charge in [0.2, 0.25) is 0 Å². The van der Waals surface area contributed by atoms with Crippen molar-refractivity contribution in [3.05, 3.63) is 29.8 Å². The van der Waals surface area contributed by atoms with E-state index in [0.29, 0.717) is 16.6 Å². The SMILES string of the molecule is CCCCCCCCCCCCOc1ccccc1C(=S)SC(C)(C#N)C(C)C(=O)O. The highest BCUT2D eigenvalue weighted by Gasteiger charge is 2.38. The highest BCUT2D eigenvalue weighted by Crippen LogP contribution is 2.37. The summed E-state index contributed by atoms with van der Waals surface area (Å²) in [6.07, 6.45) is 12.7. The van der Waals surface area contributed by atoms with E-state index in [9.17, 15) is 15.2 Å². The number of ether oxygens (including phenoxy) is 1. The van der Waals surface area contributed by atoms with Gasteiger partial charge in [-0.1, -0.05) is 101 Å². The van der Waals surface area contributed by atoms with Gasteiger partial charge in [-0.25, -0.2) is 0 Å². The van der Waals surface area contributed by atoms with Crippen molar-refractivity contribution < 1.29 is 14.6 Å². The average Bonchev–Trinajstić information content (AvgIpc) is 2.76. The second kappa shape index (κ2) is 15.3. The van der Waals surface area contributed by atoms with E-state index in [1.54, 1.807) is 6.92 Å². The predicted molar refractivity (Wildman–Crippen MR) is 134 cm³/mol. The van der Waals surface area contributed by atoms with Crippen molar-refractivity contribution >= 4 is 34.1 Å². The Balaban J connectivity index is 2.45. The monoisotopic (exact) mass is 463 g/mol. The van der Waals surface area contributed by atoms with Crippen molar-refractivity contribution in [1.82, 2.24) is 0 Å². The molecular formula is C25H37NO3S2. The van der Waals surface area contributed by atoms with E-state index in [1.807, 2.05) is 24.3 Å². The molecule has 1 aromatic carbocycles. The molecule has 6 heteroatoms. The van der Waals surface area contributed by atoms with Crippen molar-refractivity contribution in [2.75, 3.05) is 6.61 Å². The molecule has 0 aliphatic rings. The molecule has 0 spiro atoms. The number of unbranched alkanes of at least 4 members (excludes halogenated alkanes) is 9. The van der Waals surface area contributed by atoms with Crippen molar-refractivity contribution in [2.45, 2.75) is 89.7 Å². The molecule has 2 unspecified atom stereocenters. The standard InChI is InChI=1S/C25H37NO3S2/c1-4-5-6-7-8-9-10-11-12-15-18-29-22-17-14-13-16-21(22)24(30)31-25(3,19-26)20(2)23(27)28/h13-14,16-17,20H,4-12,15,18H2,1-3H3,(H,27,28). The first-order valence-corrected chi connectivity index (χ1v) is 12.7. The minimum absolute atomic E-state index is 0.482. The summed E-state index contributed by atoms with van der Waals surface area (Å²) >= 11 is 6.67. The number of para-hydroxylation sites is 1. The minimum atomic E-state index is -1.15. The van der Waals surface area contributed by atoms with Crippen LogP contribution in [-0.4, -0.2) is 26.6 Å². The zero-order chi connectivity index (χ0) is 23.1. The van der Waals surface area contributed by atoms with Gasteiger partial charge in [0, 0.05) is 5.56 Å². The summed E-state index contributed by atoms with van der Waals surface area (Å²) in [7, 11) is 0. The van der Waals surface area contributed by atoms with Gasteiger partial charge in [-0.15, -0.1) is 0 Å². The summed E-state index contributed by atoms with van der Waals surface area (Å²) in [4.78, 5) is 11.4. The Labute approximate surface area is 197 Å². The molecule has 0 fully saturated rings. The van der Waals surface area contributed by atoms with Crippen LogP contribution in [0.3, 0.4) is 0 Å².